The molecule has 0 saturated heterocycles. The summed E-state index contributed by atoms with van der Waals surface area (Å²) in [6, 6.07) is 9.73. The quantitative estimate of drug-likeness (QED) is 0.726. The summed E-state index contributed by atoms with van der Waals surface area (Å²) in [6.45, 7) is 3.60. The highest BCUT2D eigenvalue weighted by Gasteiger charge is 2.16. The molecule has 1 heterocycles. The SMILES string of the molecule is Cc1cc(C)n(CC(=O)NNC(=O)CCS(=O)(=O)c2ccccc2)n1. The molecular formula is C16H20N4O4S. The van der Waals surface area contributed by atoms with Crippen molar-refractivity contribution in [2.45, 2.75) is 31.7 Å². The summed E-state index contributed by atoms with van der Waals surface area (Å²) in [4.78, 5) is 23.7. The molecule has 0 radical (unpaired) electrons. The van der Waals surface area contributed by atoms with Crippen molar-refractivity contribution in [3.05, 3.63) is 47.8 Å². The van der Waals surface area contributed by atoms with E-state index in [1.807, 2.05) is 19.9 Å². The molecule has 8 nitrogen and oxygen atoms in total. The van der Waals surface area contributed by atoms with Crippen LogP contribution in [0.2, 0.25) is 0 Å². The lowest BCUT2D eigenvalue weighted by atomic mass is 10.4. The van der Waals surface area contributed by atoms with Gasteiger partial charge >= 0.3 is 0 Å². The zero-order valence-corrected chi connectivity index (χ0v) is 14.8. The van der Waals surface area contributed by atoms with E-state index in [1.54, 1.807) is 18.2 Å². The molecule has 2 amide bonds. The summed E-state index contributed by atoms with van der Waals surface area (Å²) in [5.74, 6) is -1.37. The van der Waals surface area contributed by atoms with Gasteiger partial charge in [-0.25, -0.2) is 8.42 Å². The number of carbonyl (C=O) groups excluding carboxylic acids is 2. The van der Waals surface area contributed by atoms with Crippen molar-refractivity contribution in [2.75, 3.05) is 5.75 Å². The fourth-order valence-electron chi connectivity index (χ4n) is 2.19. The zero-order chi connectivity index (χ0) is 18.4. The Labute approximate surface area is 146 Å². The Morgan fingerprint density at radius 3 is 2.32 bits per heavy atom. The number of rotatable bonds is 6. The van der Waals surface area contributed by atoms with Crippen molar-refractivity contribution >= 4 is 21.7 Å². The molecule has 0 fully saturated rings. The average Bonchev–Trinajstić information content (AvgIpc) is 2.89. The van der Waals surface area contributed by atoms with Crippen molar-refractivity contribution in [3.63, 3.8) is 0 Å². The number of benzene rings is 1. The number of carbonyl (C=O) groups is 2. The van der Waals surface area contributed by atoms with Crippen molar-refractivity contribution in [2.24, 2.45) is 0 Å². The fraction of sp³-hybridized carbons (Fsp3) is 0.312. The van der Waals surface area contributed by atoms with E-state index >= 15 is 0 Å². The van der Waals surface area contributed by atoms with Gasteiger partial charge in [-0.2, -0.15) is 5.10 Å². The van der Waals surface area contributed by atoms with Crippen molar-refractivity contribution in [1.82, 2.24) is 20.6 Å². The molecule has 1 aromatic carbocycles. The molecule has 0 unspecified atom stereocenters. The Kier molecular flexibility index (Phi) is 5.92. The van der Waals surface area contributed by atoms with Gasteiger partial charge in [0.15, 0.2) is 9.84 Å². The molecule has 134 valence electrons. The maximum Gasteiger partial charge on any atom is 0.260 e. The lowest BCUT2D eigenvalue weighted by Crippen LogP contribution is -2.43. The van der Waals surface area contributed by atoms with E-state index in [9.17, 15) is 18.0 Å². The molecule has 0 bridgehead atoms. The molecule has 0 atom stereocenters. The van der Waals surface area contributed by atoms with Gasteiger partial charge in [-0.3, -0.25) is 25.1 Å². The van der Waals surface area contributed by atoms with Gasteiger partial charge in [-0.05, 0) is 32.0 Å². The van der Waals surface area contributed by atoms with E-state index in [1.165, 1.54) is 16.8 Å². The first-order valence-corrected chi connectivity index (χ1v) is 9.30. The topological polar surface area (TPSA) is 110 Å². The zero-order valence-electron chi connectivity index (χ0n) is 14.0. The van der Waals surface area contributed by atoms with Crippen LogP contribution in [0.15, 0.2) is 41.3 Å². The van der Waals surface area contributed by atoms with Crippen LogP contribution >= 0.6 is 0 Å². The number of aryl methyl sites for hydroxylation is 2. The minimum atomic E-state index is -3.53. The smallest absolute Gasteiger partial charge is 0.260 e. The maximum atomic E-state index is 12.1. The van der Waals surface area contributed by atoms with E-state index in [4.69, 9.17) is 0 Å². The normalized spacial score (nSPS) is 11.1. The Balaban J connectivity index is 1.79. The molecule has 2 aromatic rings. The number of nitrogens with zero attached hydrogens (tertiary/aromatic N) is 2. The fourth-order valence-corrected chi connectivity index (χ4v) is 3.45. The van der Waals surface area contributed by atoms with Crippen LogP contribution in [0.4, 0.5) is 0 Å². The second-order valence-corrected chi connectivity index (χ2v) is 7.67. The standard InChI is InChI=1S/C16H20N4O4S/c1-12-10-13(2)20(19-12)11-16(22)18-17-15(21)8-9-25(23,24)14-6-4-3-5-7-14/h3-7,10H,8-9,11H2,1-2H3,(H,17,21)(H,18,22). The van der Waals surface area contributed by atoms with Crippen LogP contribution in [0.3, 0.4) is 0 Å². The van der Waals surface area contributed by atoms with E-state index in [2.05, 4.69) is 16.0 Å². The second-order valence-electron chi connectivity index (χ2n) is 5.56. The first-order valence-electron chi connectivity index (χ1n) is 7.64. The van der Waals surface area contributed by atoms with Crippen LogP contribution in [0.1, 0.15) is 17.8 Å². The molecule has 2 N–H and O–H groups in total. The third-order valence-electron chi connectivity index (χ3n) is 3.44. The van der Waals surface area contributed by atoms with Gasteiger partial charge in [-0.15, -0.1) is 0 Å². The molecule has 2 rings (SSSR count). The molecule has 0 spiro atoms. The van der Waals surface area contributed by atoms with Gasteiger partial charge in [0, 0.05) is 12.1 Å². The highest BCUT2D eigenvalue weighted by molar-refractivity contribution is 7.91. The Morgan fingerprint density at radius 2 is 1.72 bits per heavy atom. The number of aromatic nitrogens is 2. The van der Waals surface area contributed by atoms with Crippen LogP contribution in [0.25, 0.3) is 0 Å². The van der Waals surface area contributed by atoms with Crippen molar-refractivity contribution in [1.29, 1.82) is 0 Å². The third kappa shape index (κ3) is 5.42. The molecule has 25 heavy (non-hydrogen) atoms. The Hall–Kier alpha value is -2.68. The summed E-state index contributed by atoms with van der Waals surface area (Å²) in [5.41, 5.74) is 6.08. The number of hydrazine groups is 1. The molecule has 0 aliphatic carbocycles. The highest BCUT2D eigenvalue weighted by Crippen LogP contribution is 2.10. The first-order chi connectivity index (χ1) is 11.8. The van der Waals surface area contributed by atoms with Crippen LogP contribution in [-0.2, 0) is 26.0 Å². The van der Waals surface area contributed by atoms with E-state index in [0.29, 0.717) is 0 Å². The minimum Gasteiger partial charge on any atom is -0.273 e. The first kappa shape index (κ1) is 18.7. The number of nitrogens with one attached hydrogen (secondary N) is 2. The maximum absolute atomic E-state index is 12.1. The van der Waals surface area contributed by atoms with Crippen molar-refractivity contribution < 1.29 is 18.0 Å². The molecular weight excluding hydrogens is 344 g/mol. The lowest BCUT2D eigenvalue weighted by molar-refractivity contribution is -0.129. The summed E-state index contributed by atoms with van der Waals surface area (Å²) in [5, 5.41) is 4.14. The average molecular weight is 364 g/mol. The minimum absolute atomic E-state index is 0.0394. The van der Waals surface area contributed by atoms with Gasteiger partial charge < -0.3 is 0 Å². The summed E-state index contributed by atoms with van der Waals surface area (Å²) >= 11 is 0. The number of hydrogen-bond acceptors (Lipinski definition) is 5. The molecule has 0 aliphatic rings. The summed E-state index contributed by atoms with van der Waals surface area (Å²) < 4.78 is 25.7. The Morgan fingerprint density at radius 1 is 1.08 bits per heavy atom. The van der Waals surface area contributed by atoms with Crippen LogP contribution in [0, 0.1) is 13.8 Å². The second kappa shape index (κ2) is 7.93. The largest absolute Gasteiger partial charge is 0.273 e. The van der Waals surface area contributed by atoms with E-state index in [-0.39, 0.29) is 23.6 Å². The molecule has 1 aromatic heterocycles. The molecule has 0 saturated carbocycles. The third-order valence-corrected chi connectivity index (χ3v) is 5.17. The number of sulfone groups is 1. The molecule has 0 aliphatic heterocycles. The van der Waals surface area contributed by atoms with E-state index in [0.717, 1.165) is 11.4 Å². The van der Waals surface area contributed by atoms with Crippen LogP contribution in [0.5, 0.6) is 0 Å². The highest BCUT2D eigenvalue weighted by atomic mass is 32.2. The Bertz CT molecular complexity index is 860. The van der Waals surface area contributed by atoms with Gasteiger partial charge in [0.25, 0.3) is 5.91 Å². The van der Waals surface area contributed by atoms with Gasteiger partial charge in [0.1, 0.15) is 6.54 Å². The number of hydrogen-bond donors (Lipinski definition) is 2. The number of amides is 2. The predicted octanol–water partition coefficient (Wildman–Crippen LogP) is 0.511. The van der Waals surface area contributed by atoms with Crippen LogP contribution < -0.4 is 10.9 Å². The predicted molar refractivity (Wildman–Crippen MR) is 91.1 cm³/mol. The van der Waals surface area contributed by atoms with Crippen LogP contribution in [-0.4, -0.2) is 35.8 Å². The van der Waals surface area contributed by atoms with Gasteiger partial charge in [0.2, 0.25) is 5.91 Å². The summed E-state index contributed by atoms with van der Waals surface area (Å²) in [7, 11) is -3.53. The van der Waals surface area contributed by atoms with Gasteiger partial charge in [-0.1, -0.05) is 18.2 Å². The van der Waals surface area contributed by atoms with Gasteiger partial charge in [0.05, 0.1) is 16.3 Å². The van der Waals surface area contributed by atoms with Crippen molar-refractivity contribution in [3.8, 4) is 0 Å². The molecule has 9 heteroatoms. The summed E-state index contributed by atoms with van der Waals surface area (Å²) in [6.07, 6.45) is -0.253. The van der Waals surface area contributed by atoms with E-state index < -0.39 is 21.7 Å². The monoisotopic (exact) mass is 364 g/mol. The lowest BCUT2D eigenvalue weighted by Gasteiger charge is -2.09.